The van der Waals surface area contributed by atoms with Crippen molar-refractivity contribution >= 4 is 11.7 Å². The van der Waals surface area contributed by atoms with Crippen LogP contribution >= 0.6 is 0 Å². The Labute approximate surface area is 166 Å². The number of amides is 1. The Morgan fingerprint density at radius 3 is 2.00 bits per heavy atom. The van der Waals surface area contributed by atoms with Crippen molar-refractivity contribution in [1.29, 1.82) is 0 Å². The zero-order chi connectivity index (χ0) is 19.3. The van der Waals surface area contributed by atoms with Crippen LogP contribution in [0.5, 0.6) is 0 Å². The molecule has 0 aliphatic heterocycles. The second-order valence-corrected chi connectivity index (χ2v) is 8.07. The molecule has 2 aliphatic rings. The summed E-state index contributed by atoms with van der Waals surface area (Å²) in [6.45, 7) is 0. The lowest BCUT2D eigenvalue weighted by Gasteiger charge is -2.41. The molecule has 2 aromatic rings. The van der Waals surface area contributed by atoms with E-state index >= 15 is 0 Å². The number of nitrogens with zero attached hydrogens (tertiary/aromatic N) is 2. The van der Waals surface area contributed by atoms with E-state index < -0.39 is 0 Å². The molecule has 2 aliphatic carbocycles. The summed E-state index contributed by atoms with van der Waals surface area (Å²) >= 11 is 0. The van der Waals surface area contributed by atoms with Gasteiger partial charge in [-0.25, -0.2) is 0 Å². The van der Waals surface area contributed by atoms with E-state index in [0.717, 1.165) is 25.7 Å². The van der Waals surface area contributed by atoms with Crippen LogP contribution in [0.3, 0.4) is 0 Å². The zero-order valence-corrected chi connectivity index (χ0v) is 16.3. The van der Waals surface area contributed by atoms with E-state index in [4.69, 9.17) is 4.52 Å². The summed E-state index contributed by atoms with van der Waals surface area (Å²) in [5, 5.41) is 3.99. The summed E-state index contributed by atoms with van der Waals surface area (Å²) in [6, 6.07) is 11.1. The summed E-state index contributed by atoms with van der Waals surface area (Å²) < 4.78 is 5.28. The summed E-state index contributed by atoms with van der Waals surface area (Å²) in [4.78, 5) is 28.1. The first-order valence-corrected chi connectivity index (χ1v) is 10.6. The minimum atomic E-state index is -0.242. The van der Waals surface area contributed by atoms with E-state index in [9.17, 15) is 9.59 Å². The minimum Gasteiger partial charge on any atom is -0.352 e. The molecule has 2 fully saturated rings. The number of hydrogen-bond donors (Lipinski definition) is 0. The Bertz CT molecular complexity index is 784. The van der Waals surface area contributed by atoms with Crippen molar-refractivity contribution in [1.82, 2.24) is 10.1 Å². The monoisotopic (exact) mass is 380 g/mol. The summed E-state index contributed by atoms with van der Waals surface area (Å²) in [7, 11) is 0. The molecule has 2 saturated carbocycles. The fraction of sp³-hybridized carbons (Fsp3) is 0.522. The number of aromatic nitrogens is 1. The van der Waals surface area contributed by atoms with Gasteiger partial charge in [0.1, 0.15) is 0 Å². The van der Waals surface area contributed by atoms with E-state index in [2.05, 4.69) is 10.1 Å². The third-order valence-corrected chi connectivity index (χ3v) is 6.16. The number of hydrogen-bond acceptors (Lipinski definition) is 4. The molecular formula is C23H28N2O3. The third-order valence-electron chi connectivity index (χ3n) is 6.16. The average molecular weight is 380 g/mol. The minimum absolute atomic E-state index is 0.0744. The number of rotatable bonds is 5. The van der Waals surface area contributed by atoms with Crippen LogP contribution in [-0.2, 0) is 0 Å². The first kappa shape index (κ1) is 18.9. The molecule has 1 aromatic carbocycles. The molecule has 0 saturated heterocycles. The van der Waals surface area contributed by atoms with E-state index in [1.807, 2.05) is 18.2 Å². The van der Waals surface area contributed by atoms with Crippen LogP contribution in [0.25, 0.3) is 0 Å². The van der Waals surface area contributed by atoms with Crippen LogP contribution in [0.2, 0.25) is 0 Å². The molecule has 0 N–H and O–H groups in total. The van der Waals surface area contributed by atoms with Crippen LogP contribution in [0, 0.1) is 0 Å². The van der Waals surface area contributed by atoms with Gasteiger partial charge < -0.3 is 9.42 Å². The maximum atomic E-state index is 13.4. The maximum absolute atomic E-state index is 13.4. The van der Waals surface area contributed by atoms with Crippen LogP contribution in [0.4, 0.5) is 0 Å². The Morgan fingerprint density at radius 1 is 0.857 bits per heavy atom. The van der Waals surface area contributed by atoms with Crippen molar-refractivity contribution in [3.8, 4) is 0 Å². The largest absolute Gasteiger partial charge is 0.352 e. The van der Waals surface area contributed by atoms with Gasteiger partial charge in [-0.2, -0.15) is 0 Å². The zero-order valence-electron chi connectivity index (χ0n) is 16.3. The normalized spacial score (nSPS) is 18.7. The molecule has 0 unspecified atom stereocenters. The molecule has 1 heterocycles. The predicted molar refractivity (Wildman–Crippen MR) is 106 cm³/mol. The highest BCUT2D eigenvalue weighted by molar-refractivity contribution is 6.08. The van der Waals surface area contributed by atoms with Crippen molar-refractivity contribution in [2.24, 2.45) is 0 Å². The molecule has 5 nitrogen and oxygen atoms in total. The van der Waals surface area contributed by atoms with Gasteiger partial charge in [-0.15, -0.1) is 0 Å². The molecule has 0 radical (unpaired) electrons. The van der Waals surface area contributed by atoms with Gasteiger partial charge in [0.05, 0.1) is 0 Å². The van der Waals surface area contributed by atoms with Crippen molar-refractivity contribution < 1.29 is 14.1 Å². The quantitative estimate of drug-likeness (QED) is 0.684. The van der Waals surface area contributed by atoms with Gasteiger partial charge in [-0.1, -0.05) is 74.0 Å². The van der Waals surface area contributed by atoms with E-state index in [1.165, 1.54) is 44.6 Å². The van der Waals surface area contributed by atoms with E-state index in [-0.39, 0.29) is 35.2 Å². The Balaban J connectivity index is 1.56. The lowest BCUT2D eigenvalue weighted by molar-refractivity contribution is 0.0438. The van der Waals surface area contributed by atoms with Gasteiger partial charge in [0.15, 0.2) is 5.69 Å². The second-order valence-electron chi connectivity index (χ2n) is 8.07. The standard InChI is InChI=1S/C23H28N2O3/c26-22(17-10-4-1-5-11-17)21-16-20(24-28-21)23(27)25(18-12-6-2-7-13-18)19-14-8-3-9-15-19/h1,4-5,10-11,16,18-19H,2-3,6-9,12-15H2. The van der Waals surface area contributed by atoms with E-state index in [1.54, 1.807) is 12.1 Å². The number of carbonyl (C=O) groups is 2. The van der Waals surface area contributed by atoms with Gasteiger partial charge >= 0.3 is 0 Å². The van der Waals surface area contributed by atoms with Gasteiger partial charge in [0.2, 0.25) is 11.5 Å². The molecule has 1 aromatic heterocycles. The van der Waals surface area contributed by atoms with Crippen molar-refractivity contribution in [2.45, 2.75) is 76.3 Å². The second kappa shape index (κ2) is 8.72. The van der Waals surface area contributed by atoms with Gasteiger partial charge in [0, 0.05) is 23.7 Å². The third kappa shape index (κ3) is 4.03. The van der Waals surface area contributed by atoms with Crippen molar-refractivity contribution in [3.05, 3.63) is 53.4 Å². The molecular weight excluding hydrogens is 352 g/mol. The predicted octanol–water partition coefficient (Wildman–Crippen LogP) is 5.01. The van der Waals surface area contributed by atoms with Crippen LogP contribution in [0.1, 0.15) is 90.8 Å². The highest BCUT2D eigenvalue weighted by Crippen LogP contribution is 2.31. The smallest absolute Gasteiger partial charge is 0.276 e. The molecule has 0 spiro atoms. The van der Waals surface area contributed by atoms with Gasteiger partial charge in [0.25, 0.3) is 5.91 Å². The van der Waals surface area contributed by atoms with Gasteiger partial charge in [-0.3, -0.25) is 9.59 Å². The molecule has 28 heavy (non-hydrogen) atoms. The first-order chi connectivity index (χ1) is 13.7. The fourth-order valence-corrected chi connectivity index (χ4v) is 4.70. The number of carbonyl (C=O) groups excluding carboxylic acids is 2. The van der Waals surface area contributed by atoms with E-state index in [0.29, 0.717) is 5.56 Å². The van der Waals surface area contributed by atoms with Crippen molar-refractivity contribution in [3.63, 3.8) is 0 Å². The Morgan fingerprint density at radius 2 is 1.43 bits per heavy atom. The molecule has 0 bridgehead atoms. The summed E-state index contributed by atoms with van der Waals surface area (Å²) in [5.41, 5.74) is 0.796. The molecule has 1 amide bonds. The topological polar surface area (TPSA) is 63.4 Å². The molecule has 4 rings (SSSR count). The number of benzene rings is 1. The lowest BCUT2D eigenvalue weighted by Crippen LogP contribution is -2.48. The Hall–Kier alpha value is -2.43. The Kier molecular flexibility index (Phi) is 5.89. The molecule has 5 heteroatoms. The maximum Gasteiger partial charge on any atom is 0.276 e. The summed E-state index contributed by atoms with van der Waals surface area (Å²) in [6.07, 6.45) is 11.5. The van der Waals surface area contributed by atoms with Gasteiger partial charge in [-0.05, 0) is 25.7 Å². The summed E-state index contributed by atoms with van der Waals surface area (Å²) in [5.74, 6) is -0.189. The highest BCUT2D eigenvalue weighted by Gasteiger charge is 2.34. The molecule has 148 valence electrons. The van der Waals surface area contributed by atoms with Crippen molar-refractivity contribution in [2.75, 3.05) is 0 Å². The number of ketones is 1. The lowest BCUT2D eigenvalue weighted by atomic mass is 9.88. The van der Waals surface area contributed by atoms with Crippen LogP contribution in [-0.4, -0.2) is 33.8 Å². The highest BCUT2D eigenvalue weighted by atomic mass is 16.5. The van der Waals surface area contributed by atoms with Crippen LogP contribution < -0.4 is 0 Å². The fourth-order valence-electron chi connectivity index (χ4n) is 4.70. The molecule has 0 atom stereocenters. The average Bonchev–Trinajstić information content (AvgIpc) is 3.26. The first-order valence-electron chi connectivity index (χ1n) is 10.6. The van der Waals surface area contributed by atoms with Crippen LogP contribution in [0.15, 0.2) is 40.9 Å². The SMILES string of the molecule is O=C(c1ccccc1)c1cc(C(=O)N(C2CCCCC2)C2CCCCC2)no1.